The van der Waals surface area contributed by atoms with E-state index in [1.807, 2.05) is 0 Å². The van der Waals surface area contributed by atoms with Crippen molar-refractivity contribution in [2.24, 2.45) is 0 Å². The minimum Gasteiger partial charge on any atom is -0.310 e. The Morgan fingerprint density at radius 2 is 0.869 bits per heavy atom. The molecule has 0 aliphatic rings. The fourth-order valence-corrected chi connectivity index (χ4v) is 9.62. The van der Waals surface area contributed by atoms with Gasteiger partial charge in [0.05, 0.1) is 33.4 Å². The standard InChI is InChI=1S/C58H39N3/c1-3-17-40(18-4-1)46-24-9-12-28-52(46)59(45-37-38-50-49-25-10-13-29-54(49)61(57(50)39-45)53-31-15-20-41-19-7-8-23-47(41)53)44-35-33-42(34-36-44)48-27-16-32-56-58(48)51-26-11-14-30-55(51)60(56)43-21-5-2-6-22-43/h1-39H. The molecule has 0 unspecified atom stereocenters. The molecule has 10 aromatic carbocycles. The Kier molecular flexibility index (Phi) is 8.17. The molecule has 0 aliphatic carbocycles. The van der Waals surface area contributed by atoms with Crippen LogP contribution in [0.5, 0.6) is 0 Å². The number of anilines is 3. The van der Waals surface area contributed by atoms with Crippen molar-refractivity contribution < 1.29 is 0 Å². The molecule has 0 aliphatic heterocycles. The molecule has 12 rings (SSSR count). The first-order valence-corrected chi connectivity index (χ1v) is 20.9. The summed E-state index contributed by atoms with van der Waals surface area (Å²) in [5.74, 6) is 0. The van der Waals surface area contributed by atoms with E-state index in [9.17, 15) is 0 Å². The summed E-state index contributed by atoms with van der Waals surface area (Å²) in [7, 11) is 0. The predicted molar refractivity (Wildman–Crippen MR) is 258 cm³/mol. The van der Waals surface area contributed by atoms with E-state index in [0.29, 0.717) is 0 Å². The average Bonchev–Trinajstić information content (AvgIpc) is 3.85. The lowest BCUT2D eigenvalue weighted by molar-refractivity contribution is 1.18. The maximum atomic E-state index is 2.45. The summed E-state index contributed by atoms with van der Waals surface area (Å²) in [6, 6.07) is 85.9. The number of hydrogen-bond acceptors (Lipinski definition) is 1. The van der Waals surface area contributed by atoms with E-state index >= 15 is 0 Å². The number of nitrogens with zero attached hydrogens (tertiary/aromatic N) is 3. The molecule has 0 radical (unpaired) electrons. The lowest BCUT2D eigenvalue weighted by atomic mass is 9.98. The highest BCUT2D eigenvalue weighted by Crippen LogP contribution is 2.45. The summed E-state index contributed by atoms with van der Waals surface area (Å²) in [5, 5.41) is 7.41. The fraction of sp³-hybridized carbons (Fsp3) is 0. The zero-order valence-corrected chi connectivity index (χ0v) is 33.4. The quantitative estimate of drug-likeness (QED) is 0.157. The lowest BCUT2D eigenvalue weighted by Crippen LogP contribution is -2.11. The van der Waals surface area contributed by atoms with Crippen LogP contribution in [0.1, 0.15) is 0 Å². The van der Waals surface area contributed by atoms with Crippen molar-refractivity contribution in [1.82, 2.24) is 9.13 Å². The Morgan fingerprint density at radius 3 is 1.69 bits per heavy atom. The van der Waals surface area contributed by atoms with Gasteiger partial charge < -0.3 is 14.0 Å². The van der Waals surface area contributed by atoms with Crippen molar-refractivity contribution in [2.45, 2.75) is 0 Å². The van der Waals surface area contributed by atoms with Gasteiger partial charge in [-0.25, -0.2) is 0 Å². The minimum absolute atomic E-state index is 1.08. The molecule has 3 heteroatoms. The molecule has 0 fully saturated rings. The van der Waals surface area contributed by atoms with Gasteiger partial charge >= 0.3 is 0 Å². The highest BCUT2D eigenvalue weighted by Gasteiger charge is 2.22. The normalized spacial score (nSPS) is 11.6. The molecule has 0 saturated carbocycles. The van der Waals surface area contributed by atoms with E-state index in [-0.39, 0.29) is 0 Å². The number of benzene rings is 10. The first kappa shape index (κ1) is 34.9. The minimum atomic E-state index is 1.08. The van der Waals surface area contributed by atoms with Crippen LogP contribution < -0.4 is 4.90 Å². The maximum absolute atomic E-state index is 2.45. The zero-order valence-electron chi connectivity index (χ0n) is 33.4. The molecular formula is C58H39N3. The van der Waals surface area contributed by atoms with E-state index in [1.165, 1.54) is 76.8 Å². The van der Waals surface area contributed by atoms with Crippen molar-refractivity contribution in [3.05, 3.63) is 237 Å². The number of rotatable bonds is 7. The summed E-state index contributed by atoms with van der Waals surface area (Å²) >= 11 is 0. The summed E-state index contributed by atoms with van der Waals surface area (Å²) in [4.78, 5) is 2.43. The van der Waals surface area contributed by atoms with Crippen molar-refractivity contribution >= 4 is 71.4 Å². The molecule has 2 heterocycles. The van der Waals surface area contributed by atoms with Crippen LogP contribution in [-0.4, -0.2) is 9.13 Å². The number of fused-ring (bicyclic) bond motifs is 7. The summed E-state index contributed by atoms with van der Waals surface area (Å²) in [6.45, 7) is 0. The molecule has 286 valence electrons. The van der Waals surface area contributed by atoms with E-state index < -0.39 is 0 Å². The predicted octanol–water partition coefficient (Wildman–Crippen LogP) is 15.8. The monoisotopic (exact) mass is 777 g/mol. The first-order valence-electron chi connectivity index (χ1n) is 20.9. The molecule has 61 heavy (non-hydrogen) atoms. The maximum Gasteiger partial charge on any atom is 0.0562 e. The van der Waals surface area contributed by atoms with Gasteiger partial charge in [-0.2, -0.15) is 0 Å². The number of hydrogen-bond donors (Lipinski definition) is 0. The number of para-hydroxylation sites is 4. The molecule has 0 amide bonds. The third-order valence-corrected chi connectivity index (χ3v) is 12.3. The highest BCUT2D eigenvalue weighted by molar-refractivity contribution is 6.16. The van der Waals surface area contributed by atoms with Crippen LogP contribution in [0.25, 0.3) is 88.0 Å². The van der Waals surface area contributed by atoms with E-state index in [4.69, 9.17) is 0 Å². The summed E-state index contributed by atoms with van der Waals surface area (Å²) in [6.07, 6.45) is 0. The Hall–Kier alpha value is -8.14. The van der Waals surface area contributed by atoms with Crippen LogP contribution in [0, 0.1) is 0 Å². The van der Waals surface area contributed by atoms with Crippen molar-refractivity contribution in [1.29, 1.82) is 0 Å². The third-order valence-electron chi connectivity index (χ3n) is 12.3. The molecule has 0 spiro atoms. The fourth-order valence-electron chi connectivity index (χ4n) is 9.62. The van der Waals surface area contributed by atoms with Crippen molar-refractivity contribution in [3.63, 3.8) is 0 Å². The summed E-state index contributed by atoms with van der Waals surface area (Å²) in [5.41, 5.74) is 15.1. The molecule has 0 bridgehead atoms. The average molecular weight is 778 g/mol. The molecule has 12 aromatic rings. The van der Waals surface area contributed by atoms with E-state index in [0.717, 1.165) is 28.3 Å². The van der Waals surface area contributed by atoms with Gasteiger partial charge in [-0.3, -0.25) is 0 Å². The Labute approximate surface area is 354 Å². The van der Waals surface area contributed by atoms with E-state index in [1.54, 1.807) is 0 Å². The molecule has 3 nitrogen and oxygen atoms in total. The van der Waals surface area contributed by atoms with Crippen LogP contribution in [0.3, 0.4) is 0 Å². The second kappa shape index (κ2) is 14.3. The smallest absolute Gasteiger partial charge is 0.0562 e. The first-order chi connectivity index (χ1) is 30.3. The second-order valence-corrected chi connectivity index (χ2v) is 15.7. The second-order valence-electron chi connectivity index (χ2n) is 15.7. The zero-order chi connectivity index (χ0) is 40.3. The molecule has 2 aromatic heterocycles. The third kappa shape index (κ3) is 5.66. The summed E-state index contributed by atoms with van der Waals surface area (Å²) < 4.78 is 4.84. The van der Waals surface area contributed by atoms with Crippen LogP contribution in [0.4, 0.5) is 17.1 Å². The topological polar surface area (TPSA) is 13.1 Å². The number of aromatic nitrogens is 2. The highest BCUT2D eigenvalue weighted by atomic mass is 15.1. The molecule has 0 N–H and O–H groups in total. The Balaban J connectivity index is 1.07. The van der Waals surface area contributed by atoms with Gasteiger partial charge in [0.25, 0.3) is 0 Å². The Morgan fingerprint density at radius 1 is 0.311 bits per heavy atom. The van der Waals surface area contributed by atoms with Gasteiger partial charge in [0, 0.05) is 49.6 Å². The van der Waals surface area contributed by atoms with Gasteiger partial charge in [0.15, 0.2) is 0 Å². The SMILES string of the molecule is c1ccc(-c2ccccc2N(c2ccc(-c3cccc4c3c3ccccc3n4-c3ccccc3)cc2)c2ccc3c4ccccc4n(-c4cccc5ccccc45)c3c2)cc1. The molecular weight excluding hydrogens is 739 g/mol. The molecule has 0 atom stereocenters. The van der Waals surface area contributed by atoms with Crippen LogP contribution >= 0.6 is 0 Å². The van der Waals surface area contributed by atoms with Crippen LogP contribution in [0.15, 0.2) is 237 Å². The van der Waals surface area contributed by atoms with Crippen molar-refractivity contribution in [3.8, 4) is 33.6 Å². The van der Waals surface area contributed by atoms with Gasteiger partial charge in [-0.15, -0.1) is 0 Å². The van der Waals surface area contributed by atoms with Gasteiger partial charge in [-0.05, 0) is 88.8 Å². The Bertz CT molecular complexity index is 3570. The van der Waals surface area contributed by atoms with Crippen LogP contribution in [-0.2, 0) is 0 Å². The largest absolute Gasteiger partial charge is 0.310 e. The lowest BCUT2D eigenvalue weighted by Gasteiger charge is -2.28. The van der Waals surface area contributed by atoms with Crippen molar-refractivity contribution in [2.75, 3.05) is 4.90 Å². The van der Waals surface area contributed by atoms with Crippen LogP contribution in [0.2, 0.25) is 0 Å². The van der Waals surface area contributed by atoms with Gasteiger partial charge in [0.2, 0.25) is 0 Å². The van der Waals surface area contributed by atoms with Gasteiger partial charge in [0.1, 0.15) is 0 Å². The van der Waals surface area contributed by atoms with E-state index in [2.05, 4.69) is 251 Å². The van der Waals surface area contributed by atoms with Gasteiger partial charge in [-0.1, -0.05) is 170 Å². The molecule has 0 saturated heterocycles.